The van der Waals surface area contributed by atoms with E-state index in [4.69, 9.17) is 25.8 Å². The van der Waals surface area contributed by atoms with E-state index in [1.165, 1.54) is 21.3 Å². The third-order valence-corrected chi connectivity index (χ3v) is 4.38. The number of benzene rings is 1. The van der Waals surface area contributed by atoms with Crippen LogP contribution < -0.4 is 19.5 Å². The Bertz CT molecular complexity index is 748. The van der Waals surface area contributed by atoms with Gasteiger partial charge < -0.3 is 19.5 Å². The molecule has 136 valence electrons. The number of hydrogen-bond donors (Lipinski definition) is 1. The van der Waals surface area contributed by atoms with Crippen molar-refractivity contribution in [2.45, 2.75) is 20.4 Å². The molecule has 0 aliphatic rings. The van der Waals surface area contributed by atoms with Gasteiger partial charge in [-0.25, -0.2) is 0 Å². The molecule has 2 aromatic rings. The van der Waals surface area contributed by atoms with E-state index in [9.17, 15) is 4.79 Å². The smallest absolute Gasteiger partial charge is 0.251 e. The van der Waals surface area contributed by atoms with Crippen LogP contribution in [0.5, 0.6) is 17.2 Å². The van der Waals surface area contributed by atoms with Gasteiger partial charge in [-0.1, -0.05) is 11.6 Å². The van der Waals surface area contributed by atoms with Crippen LogP contribution in [0, 0.1) is 13.8 Å². The maximum Gasteiger partial charge on any atom is 0.251 e. The minimum Gasteiger partial charge on any atom is -0.493 e. The number of aromatic nitrogens is 2. The monoisotopic (exact) mass is 367 g/mol. The lowest BCUT2D eigenvalue weighted by Gasteiger charge is -2.14. The van der Waals surface area contributed by atoms with Crippen LogP contribution >= 0.6 is 11.6 Å². The van der Waals surface area contributed by atoms with Gasteiger partial charge in [0.2, 0.25) is 5.75 Å². The van der Waals surface area contributed by atoms with Crippen molar-refractivity contribution in [2.24, 2.45) is 0 Å². The molecule has 0 spiro atoms. The molecule has 0 bridgehead atoms. The summed E-state index contributed by atoms with van der Waals surface area (Å²) in [6, 6.07) is 3.22. The molecule has 25 heavy (non-hydrogen) atoms. The molecule has 0 aliphatic carbocycles. The fraction of sp³-hybridized carbons (Fsp3) is 0.412. The second kappa shape index (κ2) is 8.11. The van der Waals surface area contributed by atoms with Crippen LogP contribution in [-0.2, 0) is 6.54 Å². The second-order valence-electron chi connectivity index (χ2n) is 5.38. The quantitative estimate of drug-likeness (QED) is 0.814. The number of amides is 1. The number of methoxy groups -OCH3 is 3. The minimum atomic E-state index is -0.244. The number of carbonyl (C=O) groups is 1. The Kier molecular flexibility index (Phi) is 6.14. The van der Waals surface area contributed by atoms with Crippen LogP contribution in [0.25, 0.3) is 0 Å². The van der Waals surface area contributed by atoms with E-state index in [2.05, 4.69) is 10.4 Å². The molecule has 0 fully saturated rings. The molecular formula is C17H22ClN3O4. The van der Waals surface area contributed by atoms with Gasteiger partial charge in [-0.3, -0.25) is 9.48 Å². The molecule has 1 N–H and O–H groups in total. The highest BCUT2D eigenvalue weighted by Gasteiger charge is 2.17. The van der Waals surface area contributed by atoms with Gasteiger partial charge >= 0.3 is 0 Å². The zero-order valence-electron chi connectivity index (χ0n) is 15.0. The van der Waals surface area contributed by atoms with E-state index in [0.717, 1.165) is 11.4 Å². The fourth-order valence-corrected chi connectivity index (χ4v) is 2.62. The zero-order valence-corrected chi connectivity index (χ0v) is 15.7. The molecule has 0 radical (unpaired) electrons. The average Bonchev–Trinajstić information content (AvgIpc) is 2.87. The molecule has 0 unspecified atom stereocenters. The van der Waals surface area contributed by atoms with Gasteiger partial charge in [-0.05, 0) is 26.0 Å². The number of nitrogens with zero attached hydrogens (tertiary/aromatic N) is 2. The molecule has 0 saturated carbocycles. The number of rotatable bonds is 7. The maximum atomic E-state index is 12.4. The number of ether oxygens (including phenoxy) is 3. The Balaban J connectivity index is 2.09. The summed E-state index contributed by atoms with van der Waals surface area (Å²) < 4.78 is 17.5. The first-order valence-electron chi connectivity index (χ1n) is 7.70. The number of nitrogens with one attached hydrogen (secondary N) is 1. The van der Waals surface area contributed by atoms with Crippen molar-refractivity contribution in [1.82, 2.24) is 15.1 Å². The predicted molar refractivity (Wildman–Crippen MR) is 95.1 cm³/mol. The van der Waals surface area contributed by atoms with E-state index in [1.807, 2.05) is 13.8 Å². The largest absolute Gasteiger partial charge is 0.493 e. The van der Waals surface area contributed by atoms with Gasteiger partial charge in [0.25, 0.3) is 5.91 Å². The van der Waals surface area contributed by atoms with Crippen LogP contribution in [0.2, 0.25) is 5.02 Å². The van der Waals surface area contributed by atoms with Crippen molar-refractivity contribution >= 4 is 17.5 Å². The normalized spacial score (nSPS) is 10.5. The highest BCUT2D eigenvalue weighted by atomic mass is 35.5. The van der Waals surface area contributed by atoms with Gasteiger partial charge in [0.15, 0.2) is 11.5 Å². The Morgan fingerprint density at radius 2 is 1.76 bits per heavy atom. The molecule has 8 heteroatoms. The lowest BCUT2D eigenvalue weighted by Crippen LogP contribution is -2.27. The van der Waals surface area contributed by atoms with Crippen LogP contribution in [0.3, 0.4) is 0 Å². The summed E-state index contributed by atoms with van der Waals surface area (Å²) >= 11 is 6.12. The lowest BCUT2D eigenvalue weighted by atomic mass is 10.1. The first-order chi connectivity index (χ1) is 11.9. The topological polar surface area (TPSA) is 74.6 Å². The number of halogens is 1. The van der Waals surface area contributed by atoms with Gasteiger partial charge in [0.1, 0.15) is 0 Å². The third-order valence-electron chi connectivity index (χ3n) is 3.83. The molecular weight excluding hydrogens is 346 g/mol. The van der Waals surface area contributed by atoms with Crippen LogP contribution in [-0.4, -0.2) is 43.6 Å². The Labute approximate surface area is 151 Å². The van der Waals surface area contributed by atoms with E-state index < -0.39 is 0 Å². The van der Waals surface area contributed by atoms with Gasteiger partial charge in [-0.15, -0.1) is 0 Å². The standard InChI is InChI=1S/C17H22ClN3O4/c1-10-15(18)11(2)21(20-10)7-6-19-17(22)12-8-13(23-3)16(25-5)14(9-12)24-4/h8-9H,6-7H2,1-5H3,(H,19,22). The van der Waals surface area contributed by atoms with Gasteiger partial charge in [0.05, 0.1) is 44.3 Å². The van der Waals surface area contributed by atoms with E-state index >= 15 is 0 Å². The summed E-state index contributed by atoms with van der Waals surface area (Å²) in [7, 11) is 4.52. The Morgan fingerprint density at radius 3 is 2.20 bits per heavy atom. The highest BCUT2D eigenvalue weighted by molar-refractivity contribution is 6.31. The summed E-state index contributed by atoms with van der Waals surface area (Å²) in [6.07, 6.45) is 0. The average molecular weight is 368 g/mol. The number of hydrogen-bond acceptors (Lipinski definition) is 5. The summed E-state index contributed by atoms with van der Waals surface area (Å²) in [5.41, 5.74) is 2.07. The molecule has 1 aromatic heterocycles. The Morgan fingerprint density at radius 1 is 1.16 bits per heavy atom. The summed E-state index contributed by atoms with van der Waals surface area (Å²) in [5, 5.41) is 7.83. The van der Waals surface area contributed by atoms with E-state index in [1.54, 1.807) is 16.8 Å². The predicted octanol–water partition coefficient (Wildman–Crippen LogP) is 2.61. The highest BCUT2D eigenvalue weighted by Crippen LogP contribution is 2.38. The minimum absolute atomic E-state index is 0.244. The molecule has 0 aliphatic heterocycles. The van der Waals surface area contributed by atoms with Gasteiger partial charge in [0, 0.05) is 12.1 Å². The SMILES string of the molecule is COc1cc(C(=O)NCCn2nc(C)c(Cl)c2C)cc(OC)c1OC. The third kappa shape index (κ3) is 3.99. The molecule has 0 atom stereocenters. The molecule has 7 nitrogen and oxygen atoms in total. The molecule has 1 amide bonds. The van der Waals surface area contributed by atoms with Crippen molar-refractivity contribution in [3.05, 3.63) is 34.1 Å². The molecule has 1 aromatic carbocycles. The first kappa shape index (κ1) is 18.9. The number of carbonyl (C=O) groups excluding carboxylic acids is 1. The van der Waals surface area contributed by atoms with Crippen LogP contribution in [0.15, 0.2) is 12.1 Å². The van der Waals surface area contributed by atoms with Crippen molar-refractivity contribution in [1.29, 1.82) is 0 Å². The molecule has 1 heterocycles. The fourth-order valence-electron chi connectivity index (χ4n) is 2.48. The van der Waals surface area contributed by atoms with Gasteiger partial charge in [-0.2, -0.15) is 5.10 Å². The summed E-state index contributed by atoms with van der Waals surface area (Å²) in [6.45, 7) is 4.67. The first-order valence-corrected chi connectivity index (χ1v) is 8.08. The van der Waals surface area contributed by atoms with E-state index in [0.29, 0.717) is 40.9 Å². The number of aryl methyl sites for hydroxylation is 1. The summed E-state index contributed by atoms with van der Waals surface area (Å²) in [4.78, 5) is 12.4. The van der Waals surface area contributed by atoms with E-state index in [-0.39, 0.29) is 5.91 Å². The molecule has 0 saturated heterocycles. The zero-order chi connectivity index (χ0) is 18.6. The van der Waals surface area contributed by atoms with Crippen molar-refractivity contribution < 1.29 is 19.0 Å². The second-order valence-corrected chi connectivity index (χ2v) is 5.76. The lowest BCUT2D eigenvalue weighted by molar-refractivity contribution is 0.0951. The Hall–Kier alpha value is -2.41. The van der Waals surface area contributed by atoms with Crippen LogP contribution in [0.1, 0.15) is 21.7 Å². The van der Waals surface area contributed by atoms with Crippen LogP contribution in [0.4, 0.5) is 0 Å². The van der Waals surface area contributed by atoms with Crippen molar-refractivity contribution in [2.75, 3.05) is 27.9 Å². The maximum absolute atomic E-state index is 12.4. The van der Waals surface area contributed by atoms with Crippen molar-refractivity contribution in [3.8, 4) is 17.2 Å². The summed E-state index contributed by atoms with van der Waals surface area (Å²) in [5.74, 6) is 1.06. The van der Waals surface area contributed by atoms with Crippen molar-refractivity contribution in [3.63, 3.8) is 0 Å². The molecule has 2 rings (SSSR count).